The maximum absolute atomic E-state index is 2.38. The number of likely N-dealkylation sites (tertiary alicyclic amines) is 1. The summed E-state index contributed by atoms with van der Waals surface area (Å²) in [6.45, 7) is 8.02. The van der Waals surface area contributed by atoms with Gasteiger partial charge in [-0.1, -0.05) is 19.9 Å². The van der Waals surface area contributed by atoms with E-state index in [0.717, 1.165) is 0 Å². The van der Waals surface area contributed by atoms with Gasteiger partial charge in [-0.3, -0.25) is 0 Å². The van der Waals surface area contributed by atoms with Crippen molar-refractivity contribution in [2.24, 2.45) is 5.41 Å². The Morgan fingerprint density at radius 2 is 2.09 bits per heavy atom. The topological polar surface area (TPSA) is 3.24 Å². The van der Waals surface area contributed by atoms with Gasteiger partial charge < -0.3 is 4.90 Å². The van der Waals surface area contributed by atoms with Crippen molar-refractivity contribution in [1.82, 2.24) is 4.90 Å². The maximum atomic E-state index is 2.38. The van der Waals surface area contributed by atoms with Crippen LogP contribution in [0.2, 0.25) is 0 Å². The maximum Gasteiger partial charge on any atom is 0.0223 e. The minimum Gasteiger partial charge on any atom is -0.378 e. The van der Waals surface area contributed by atoms with Gasteiger partial charge in [0.1, 0.15) is 0 Å². The number of hydrogen-bond donors (Lipinski definition) is 0. The number of rotatable bonds is 0. The van der Waals surface area contributed by atoms with Crippen molar-refractivity contribution in [1.29, 1.82) is 0 Å². The van der Waals surface area contributed by atoms with Gasteiger partial charge in [0, 0.05) is 19.3 Å². The fourth-order valence-electron chi connectivity index (χ4n) is 1.84. The average molecular weight is 153 g/mol. The minimum absolute atomic E-state index is 0.515. The van der Waals surface area contributed by atoms with E-state index in [4.69, 9.17) is 0 Å². The second kappa shape index (κ2) is 2.88. The summed E-state index contributed by atoms with van der Waals surface area (Å²) in [7, 11) is 2.19. The summed E-state index contributed by atoms with van der Waals surface area (Å²) in [4.78, 5) is 2.38. The van der Waals surface area contributed by atoms with Crippen LogP contribution in [0.5, 0.6) is 0 Å². The van der Waals surface area contributed by atoms with E-state index < -0.39 is 0 Å². The Labute approximate surface area is 70.1 Å². The molecule has 0 bridgehead atoms. The summed E-state index contributed by atoms with van der Waals surface area (Å²) in [5.41, 5.74) is 2.02. The minimum atomic E-state index is 0.515. The van der Waals surface area contributed by atoms with Crippen LogP contribution in [0, 0.1) is 5.41 Å². The van der Waals surface area contributed by atoms with Crippen molar-refractivity contribution in [2.75, 3.05) is 13.6 Å². The van der Waals surface area contributed by atoms with Gasteiger partial charge in [0.2, 0.25) is 0 Å². The summed E-state index contributed by atoms with van der Waals surface area (Å²) < 4.78 is 0. The molecule has 1 rings (SSSR count). The van der Waals surface area contributed by atoms with E-state index in [1.54, 1.807) is 0 Å². The molecule has 0 saturated carbocycles. The molecule has 64 valence electrons. The zero-order chi connectivity index (χ0) is 8.48. The van der Waals surface area contributed by atoms with Crippen LogP contribution in [0.3, 0.4) is 0 Å². The molecule has 0 aromatic rings. The van der Waals surface area contributed by atoms with Gasteiger partial charge in [0.05, 0.1) is 0 Å². The summed E-state index contributed by atoms with van der Waals surface area (Å²) >= 11 is 0. The Hall–Kier alpha value is -0.460. The van der Waals surface area contributed by atoms with E-state index in [9.17, 15) is 0 Å². The highest BCUT2D eigenvalue weighted by Crippen LogP contribution is 2.32. The van der Waals surface area contributed by atoms with E-state index in [0.29, 0.717) is 5.41 Å². The van der Waals surface area contributed by atoms with Gasteiger partial charge >= 0.3 is 0 Å². The Balaban J connectivity index is 2.62. The third-order valence-corrected chi connectivity index (χ3v) is 2.55. The molecular formula is C10H19N. The van der Waals surface area contributed by atoms with Crippen LogP contribution in [0.15, 0.2) is 11.8 Å². The summed E-state index contributed by atoms with van der Waals surface area (Å²) in [6, 6.07) is 0. The predicted molar refractivity (Wildman–Crippen MR) is 49.4 cm³/mol. The highest BCUT2D eigenvalue weighted by atomic mass is 15.1. The first kappa shape index (κ1) is 8.63. The van der Waals surface area contributed by atoms with Crippen LogP contribution in [0.25, 0.3) is 0 Å². The quantitative estimate of drug-likeness (QED) is 0.517. The molecule has 1 aliphatic heterocycles. The fraction of sp³-hybridized carbons (Fsp3) is 0.800. The van der Waals surface area contributed by atoms with E-state index >= 15 is 0 Å². The fourth-order valence-corrected chi connectivity index (χ4v) is 1.84. The highest BCUT2D eigenvalue weighted by molar-refractivity contribution is 5.04. The number of piperidine rings is 1. The molecule has 1 aliphatic rings. The van der Waals surface area contributed by atoms with E-state index in [2.05, 4.69) is 38.8 Å². The molecule has 0 spiro atoms. The van der Waals surface area contributed by atoms with Crippen molar-refractivity contribution in [3.05, 3.63) is 11.8 Å². The van der Waals surface area contributed by atoms with Gasteiger partial charge in [0.15, 0.2) is 0 Å². The Morgan fingerprint density at radius 3 is 2.55 bits per heavy atom. The van der Waals surface area contributed by atoms with E-state index in [1.165, 1.54) is 25.1 Å². The zero-order valence-corrected chi connectivity index (χ0v) is 8.15. The summed E-state index contributed by atoms with van der Waals surface area (Å²) in [5, 5.41) is 0. The largest absolute Gasteiger partial charge is 0.378 e. The number of hydrogen-bond acceptors (Lipinski definition) is 1. The van der Waals surface area contributed by atoms with E-state index in [-0.39, 0.29) is 0 Å². The molecule has 0 amide bonds. The highest BCUT2D eigenvalue weighted by Gasteiger charge is 2.25. The van der Waals surface area contributed by atoms with Crippen LogP contribution < -0.4 is 0 Å². The average Bonchev–Trinajstić information content (AvgIpc) is 1.86. The second-order valence-corrected chi connectivity index (χ2v) is 4.30. The molecule has 0 N–H and O–H groups in total. The second-order valence-electron chi connectivity index (χ2n) is 4.30. The number of allylic oxidation sites excluding steroid dienone is 2. The zero-order valence-electron chi connectivity index (χ0n) is 8.15. The lowest BCUT2D eigenvalue weighted by Crippen LogP contribution is -2.35. The first-order valence-electron chi connectivity index (χ1n) is 4.41. The molecule has 0 aromatic carbocycles. The van der Waals surface area contributed by atoms with Gasteiger partial charge in [0.25, 0.3) is 0 Å². The van der Waals surface area contributed by atoms with Crippen LogP contribution in [0.4, 0.5) is 0 Å². The Bertz CT molecular complexity index is 168. The molecule has 0 aromatic heterocycles. The van der Waals surface area contributed by atoms with Crippen LogP contribution in [0.1, 0.15) is 33.6 Å². The first-order chi connectivity index (χ1) is 5.05. The molecule has 0 atom stereocenters. The molecule has 11 heavy (non-hydrogen) atoms. The third-order valence-electron chi connectivity index (χ3n) is 2.55. The molecule has 1 fully saturated rings. The summed E-state index contributed by atoms with van der Waals surface area (Å²) in [6.07, 6.45) is 4.81. The van der Waals surface area contributed by atoms with Crippen molar-refractivity contribution in [2.45, 2.75) is 33.6 Å². The lowest BCUT2D eigenvalue weighted by molar-refractivity contribution is 0.183. The van der Waals surface area contributed by atoms with E-state index in [1.807, 2.05) is 0 Å². The SMILES string of the molecule is CC=C1CCC(C)(C)CN1C. The molecule has 1 heteroatoms. The summed E-state index contributed by atoms with van der Waals surface area (Å²) in [5.74, 6) is 0. The Kier molecular flexibility index (Phi) is 2.26. The monoisotopic (exact) mass is 153 g/mol. The molecule has 1 saturated heterocycles. The number of nitrogens with zero attached hydrogens (tertiary/aromatic N) is 1. The molecular weight excluding hydrogens is 134 g/mol. The Morgan fingerprint density at radius 1 is 1.45 bits per heavy atom. The van der Waals surface area contributed by atoms with Crippen molar-refractivity contribution >= 4 is 0 Å². The normalized spacial score (nSPS) is 27.6. The molecule has 1 nitrogen and oxygen atoms in total. The van der Waals surface area contributed by atoms with Crippen molar-refractivity contribution in [3.63, 3.8) is 0 Å². The molecule has 0 unspecified atom stereocenters. The van der Waals surface area contributed by atoms with Gasteiger partial charge in [-0.2, -0.15) is 0 Å². The van der Waals surface area contributed by atoms with Crippen molar-refractivity contribution in [3.8, 4) is 0 Å². The molecule has 0 aliphatic carbocycles. The van der Waals surface area contributed by atoms with Gasteiger partial charge in [-0.15, -0.1) is 0 Å². The molecule has 1 heterocycles. The standard InChI is InChI=1S/C10H19N/c1-5-9-6-7-10(2,3)8-11(9)4/h5H,6-8H2,1-4H3. The van der Waals surface area contributed by atoms with Crippen LogP contribution in [-0.4, -0.2) is 18.5 Å². The van der Waals surface area contributed by atoms with Crippen LogP contribution >= 0.6 is 0 Å². The predicted octanol–water partition coefficient (Wildman–Crippen LogP) is 2.64. The van der Waals surface area contributed by atoms with Gasteiger partial charge in [-0.25, -0.2) is 0 Å². The lowest BCUT2D eigenvalue weighted by Gasteiger charge is -2.38. The lowest BCUT2D eigenvalue weighted by atomic mass is 9.83. The first-order valence-corrected chi connectivity index (χ1v) is 4.41. The smallest absolute Gasteiger partial charge is 0.0223 e. The van der Waals surface area contributed by atoms with Crippen LogP contribution in [-0.2, 0) is 0 Å². The van der Waals surface area contributed by atoms with Gasteiger partial charge in [-0.05, 0) is 25.2 Å². The molecule has 0 radical (unpaired) electrons. The van der Waals surface area contributed by atoms with Crippen molar-refractivity contribution < 1.29 is 0 Å². The third kappa shape index (κ3) is 1.98.